The summed E-state index contributed by atoms with van der Waals surface area (Å²) < 4.78 is 21.0. The van der Waals surface area contributed by atoms with Gasteiger partial charge in [-0.25, -0.2) is 14.4 Å². The van der Waals surface area contributed by atoms with Gasteiger partial charge in [0.05, 0.1) is 30.5 Å². The van der Waals surface area contributed by atoms with Crippen molar-refractivity contribution in [2.45, 2.75) is 13.0 Å². The van der Waals surface area contributed by atoms with Crippen LogP contribution < -0.4 is 0 Å². The third-order valence-electron chi connectivity index (χ3n) is 5.66. The Balaban J connectivity index is 1.56. The van der Waals surface area contributed by atoms with Crippen LogP contribution in [-0.4, -0.2) is 62.0 Å². The van der Waals surface area contributed by atoms with Crippen LogP contribution in [-0.2, 0) is 4.74 Å². The highest BCUT2D eigenvalue weighted by molar-refractivity contribution is 5.98. The number of amides is 1. The summed E-state index contributed by atoms with van der Waals surface area (Å²) in [5, 5.41) is 15.5. The zero-order valence-corrected chi connectivity index (χ0v) is 18.0. The lowest BCUT2D eigenvalue weighted by molar-refractivity contribution is 0.0303. The van der Waals surface area contributed by atoms with Crippen LogP contribution in [0.15, 0.2) is 54.9 Å². The highest BCUT2D eigenvalue weighted by atomic mass is 19.1. The summed E-state index contributed by atoms with van der Waals surface area (Å²) in [6.07, 6.45) is 2.23. The number of carbonyl (C=O) groups is 1. The maximum absolute atomic E-state index is 14.1. The molecule has 0 saturated carbocycles. The molecule has 1 saturated heterocycles. The second-order valence-electron chi connectivity index (χ2n) is 7.86. The molecule has 0 spiro atoms. The van der Waals surface area contributed by atoms with Crippen molar-refractivity contribution in [3.8, 4) is 17.1 Å². The Labute approximate surface area is 189 Å². The van der Waals surface area contributed by atoms with Crippen LogP contribution in [0.1, 0.15) is 29.1 Å². The van der Waals surface area contributed by atoms with E-state index in [4.69, 9.17) is 4.74 Å². The van der Waals surface area contributed by atoms with E-state index in [0.717, 1.165) is 0 Å². The van der Waals surface area contributed by atoms with E-state index >= 15 is 0 Å². The summed E-state index contributed by atoms with van der Waals surface area (Å²) in [5.41, 5.74) is 2.50. The number of hydrogen-bond donors (Lipinski definition) is 1. The van der Waals surface area contributed by atoms with Crippen LogP contribution in [0.5, 0.6) is 0 Å². The van der Waals surface area contributed by atoms with Crippen LogP contribution in [0.2, 0.25) is 0 Å². The first kappa shape index (κ1) is 21.2. The largest absolute Gasteiger partial charge is 0.387 e. The predicted octanol–water partition coefficient (Wildman–Crippen LogP) is 3.15. The number of halogens is 1. The maximum atomic E-state index is 14.1. The number of aromatic nitrogens is 4. The fourth-order valence-corrected chi connectivity index (χ4v) is 3.95. The average Bonchev–Trinajstić information content (AvgIpc) is 3.24. The Hall–Kier alpha value is -3.69. The molecule has 0 radical (unpaired) electrons. The van der Waals surface area contributed by atoms with Crippen molar-refractivity contribution >= 4 is 16.8 Å². The Morgan fingerprint density at radius 1 is 1.12 bits per heavy atom. The van der Waals surface area contributed by atoms with E-state index in [0.29, 0.717) is 59.6 Å². The Morgan fingerprint density at radius 3 is 2.55 bits per heavy atom. The third-order valence-corrected chi connectivity index (χ3v) is 5.66. The van der Waals surface area contributed by atoms with Crippen LogP contribution in [0.3, 0.4) is 0 Å². The minimum Gasteiger partial charge on any atom is -0.387 e. The third kappa shape index (κ3) is 3.96. The Kier molecular flexibility index (Phi) is 5.57. The first-order valence-corrected chi connectivity index (χ1v) is 10.7. The molecule has 1 aliphatic rings. The molecular formula is C24H22FN5O3. The van der Waals surface area contributed by atoms with Crippen molar-refractivity contribution in [2.24, 2.45) is 0 Å². The minimum absolute atomic E-state index is 0.0950. The first-order chi connectivity index (χ1) is 16.0. The standard InChI is InChI=1S/C24H22FN5O3/c1-15(31)22-19-7-6-16(23(32)29-8-10-33-11-9-29)12-21(19)30(28-22)24-26-13-17(14-27-24)18-4-2-3-5-20(18)25/h2-7,12-15,31H,8-11H2,1H3. The van der Waals surface area contributed by atoms with Crippen molar-refractivity contribution in [1.29, 1.82) is 0 Å². The van der Waals surface area contributed by atoms with Gasteiger partial charge in [-0.1, -0.05) is 24.3 Å². The number of hydrogen-bond acceptors (Lipinski definition) is 6. The summed E-state index contributed by atoms with van der Waals surface area (Å²) in [5.74, 6) is -0.202. The average molecular weight is 447 g/mol. The van der Waals surface area contributed by atoms with Crippen molar-refractivity contribution in [2.75, 3.05) is 26.3 Å². The maximum Gasteiger partial charge on any atom is 0.254 e. The summed E-state index contributed by atoms with van der Waals surface area (Å²) >= 11 is 0. The van der Waals surface area contributed by atoms with Crippen LogP contribution in [0, 0.1) is 5.82 Å². The number of nitrogens with zero attached hydrogens (tertiary/aromatic N) is 5. The van der Waals surface area contributed by atoms with Crippen molar-refractivity contribution in [3.63, 3.8) is 0 Å². The van der Waals surface area contributed by atoms with Gasteiger partial charge in [-0.2, -0.15) is 9.78 Å². The summed E-state index contributed by atoms with van der Waals surface area (Å²) in [6, 6.07) is 11.7. The number of morpholine rings is 1. The van der Waals surface area contributed by atoms with Gasteiger partial charge < -0.3 is 14.7 Å². The SMILES string of the molecule is CC(O)c1nn(-c2ncc(-c3ccccc3F)cn2)c2cc(C(=O)N3CCOCC3)ccc12. The predicted molar refractivity (Wildman–Crippen MR) is 119 cm³/mol. The van der Waals surface area contributed by atoms with Gasteiger partial charge in [-0.05, 0) is 25.1 Å². The molecule has 1 amide bonds. The molecular weight excluding hydrogens is 425 g/mol. The van der Waals surface area contributed by atoms with Gasteiger partial charge in [0.25, 0.3) is 11.9 Å². The van der Waals surface area contributed by atoms with E-state index in [1.165, 1.54) is 23.1 Å². The molecule has 0 aliphatic carbocycles. The highest BCUT2D eigenvalue weighted by Crippen LogP contribution is 2.28. The monoisotopic (exact) mass is 447 g/mol. The molecule has 1 aliphatic heterocycles. The first-order valence-electron chi connectivity index (χ1n) is 10.7. The second kappa shape index (κ2) is 8.68. The zero-order valence-electron chi connectivity index (χ0n) is 18.0. The molecule has 168 valence electrons. The summed E-state index contributed by atoms with van der Waals surface area (Å²) in [7, 11) is 0. The lowest BCUT2D eigenvalue weighted by Gasteiger charge is -2.26. The van der Waals surface area contributed by atoms with E-state index in [9.17, 15) is 14.3 Å². The highest BCUT2D eigenvalue weighted by Gasteiger charge is 2.22. The van der Waals surface area contributed by atoms with Crippen molar-refractivity contribution < 1.29 is 19.0 Å². The van der Waals surface area contributed by atoms with E-state index in [2.05, 4.69) is 15.1 Å². The minimum atomic E-state index is -0.827. The smallest absolute Gasteiger partial charge is 0.254 e. The Bertz CT molecular complexity index is 1310. The Morgan fingerprint density at radius 2 is 1.85 bits per heavy atom. The van der Waals surface area contributed by atoms with Crippen molar-refractivity contribution in [3.05, 3.63) is 71.9 Å². The van der Waals surface area contributed by atoms with Gasteiger partial charge in [0.2, 0.25) is 0 Å². The topological polar surface area (TPSA) is 93.4 Å². The number of aliphatic hydroxyl groups is 1. The molecule has 4 aromatic rings. The normalized spacial score (nSPS) is 15.1. The molecule has 1 atom stereocenters. The zero-order chi connectivity index (χ0) is 22.9. The number of rotatable bonds is 4. The quantitative estimate of drug-likeness (QED) is 0.517. The van der Waals surface area contributed by atoms with Gasteiger partial charge in [0.1, 0.15) is 5.82 Å². The molecule has 9 heteroatoms. The molecule has 1 N–H and O–H groups in total. The molecule has 33 heavy (non-hydrogen) atoms. The number of benzene rings is 2. The van der Waals surface area contributed by atoms with E-state index in [-0.39, 0.29) is 17.7 Å². The number of fused-ring (bicyclic) bond motifs is 1. The summed E-state index contributed by atoms with van der Waals surface area (Å²) in [4.78, 5) is 23.5. The molecule has 1 unspecified atom stereocenters. The molecule has 0 bridgehead atoms. The van der Waals surface area contributed by atoms with Gasteiger partial charge in [0.15, 0.2) is 0 Å². The molecule has 2 aromatic carbocycles. The summed E-state index contributed by atoms with van der Waals surface area (Å²) in [6.45, 7) is 3.73. The van der Waals surface area contributed by atoms with Crippen LogP contribution in [0.25, 0.3) is 28.0 Å². The van der Waals surface area contributed by atoms with E-state index < -0.39 is 6.10 Å². The van der Waals surface area contributed by atoms with Crippen LogP contribution >= 0.6 is 0 Å². The molecule has 1 fully saturated rings. The van der Waals surface area contributed by atoms with Gasteiger partial charge >= 0.3 is 0 Å². The van der Waals surface area contributed by atoms with Gasteiger partial charge in [-0.15, -0.1) is 0 Å². The fraction of sp³-hybridized carbons (Fsp3) is 0.250. The van der Waals surface area contributed by atoms with E-state index in [1.807, 2.05) is 0 Å². The van der Waals surface area contributed by atoms with Crippen LogP contribution in [0.4, 0.5) is 4.39 Å². The number of aliphatic hydroxyl groups excluding tert-OH is 1. The number of ether oxygens (including phenoxy) is 1. The second-order valence-corrected chi connectivity index (χ2v) is 7.86. The van der Waals surface area contributed by atoms with Crippen molar-refractivity contribution in [1.82, 2.24) is 24.6 Å². The molecule has 8 nitrogen and oxygen atoms in total. The lowest BCUT2D eigenvalue weighted by atomic mass is 10.1. The number of carbonyl (C=O) groups excluding carboxylic acids is 1. The van der Waals surface area contributed by atoms with Gasteiger partial charge in [-0.3, -0.25) is 4.79 Å². The lowest BCUT2D eigenvalue weighted by Crippen LogP contribution is -2.40. The fourth-order valence-electron chi connectivity index (χ4n) is 3.95. The molecule has 2 aromatic heterocycles. The molecule has 5 rings (SSSR count). The molecule has 3 heterocycles. The van der Waals surface area contributed by atoms with Gasteiger partial charge in [0, 0.05) is 47.6 Å². The van der Waals surface area contributed by atoms with E-state index in [1.54, 1.807) is 48.2 Å².